The molecule has 0 spiro atoms. The van der Waals surface area contributed by atoms with Gasteiger partial charge < -0.3 is 10.6 Å². The van der Waals surface area contributed by atoms with Gasteiger partial charge in [0, 0.05) is 6.04 Å². The van der Waals surface area contributed by atoms with E-state index in [1.807, 2.05) is 14.0 Å². The van der Waals surface area contributed by atoms with Gasteiger partial charge in [0.2, 0.25) is 5.91 Å². The van der Waals surface area contributed by atoms with Crippen molar-refractivity contribution >= 4 is 5.91 Å². The minimum Gasteiger partial charge on any atom is -0.352 e. The summed E-state index contributed by atoms with van der Waals surface area (Å²) >= 11 is 0. The Balaban J connectivity index is 2.28. The van der Waals surface area contributed by atoms with E-state index >= 15 is 0 Å². The molecule has 13 heavy (non-hydrogen) atoms. The van der Waals surface area contributed by atoms with E-state index in [1.54, 1.807) is 0 Å². The first kappa shape index (κ1) is 10.5. The van der Waals surface area contributed by atoms with Crippen LogP contribution in [-0.4, -0.2) is 25.0 Å². The van der Waals surface area contributed by atoms with Crippen LogP contribution in [0.15, 0.2) is 0 Å². The number of nitrogens with one attached hydrogen (secondary N) is 2. The molecule has 2 N–H and O–H groups in total. The Bertz CT molecular complexity index is 182. The Morgan fingerprint density at radius 2 is 2.15 bits per heavy atom. The van der Waals surface area contributed by atoms with E-state index in [2.05, 4.69) is 17.6 Å². The van der Waals surface area contributed by atoms with E-state index in [0.717, 1.165) is 18.8 Å². The summed E-state index contributed by atoms with van der Waals surface area (Å²) in [5.41, 5.74) is 0. The third kappa shape index (κ3) is 2.99. The van der Waals surface area contributed by atoms with Gasteiger partial charge in [-0.1, -0.05) is 6.92 Å². The van der Waals surface area contributed by atoms with E-state index in [4.69, 9.17) is 0 Å². The van der Waals surface area contributed by atoms with Gasteiger partial charge >= 0.3 is 0 Å². The maximum absolute atomic E-state index is 11.5. The van der Waals surface area contributed by atoms with Crippen molar-refractivity contribution in [1.29, 1.82) is 0 Å². The van der Waals surface area contributed by atoms with Crippen molar-refractivity contribution in [3.05, 3.63) is 0 Å². The Hall–Kier alpha value is -0.570. The average Bonchev–Trinajstić information content (AvgIpc) is 2.49. The fourth-order valence-corrected chi connectivity index (χ4v) is 1.80. The minimum absolute atomic E-state index is 0.0732. The molecule has 1 rings (SSSR count). The summed E-state index contributed by atoms with van der Waals surface area (Å²) in [7, 11) is 1.81. The molecule has 1 saturated carbocycles. The van der Waals surface area contributed by atoms with Crippen molar-refractivity contribution in [1.82, 2.24) is 10.6 Å². The number of likely N-dealkylation sites (N-methyl/N-ethyl adjacent to an activating group) is 1. The molecule has 1 amide bonds. The van der Waals surface area contributed by atoms with Gasteiger partial charge in [-0.3, -0.25) is 4.79 Å². The van der Waals surface area contributed by atoms with E-state index < -0.39 is 0 Å². The number of carbonyl (C=O) groups excluding carboxylic acids is 1. The van der Waals surface area contributed by atoms with Gasteiger partial charge in [-0.15, -0.1) is 0 Å². The third-order valence-electron chi connectivity index (χ3n) is 2.87. The fraction of sp³-hybridized carbons (Fsp3) is 0.900. The molecule has 1 aliphatic carbocycles. The number of hydrogen-bond acceptors (Lipinski definition) is 2. The standard InChI is InChI=1S/C10H20N2O/c1-7-4-5-9(6-7)12-10(13)8(2)11-3/h7-9,11H,4-6H2,1-3H3,(H,12,13). The lowest BCUT2D eigenvalue weighted by atomic mass is 10.1. The van der Waals surface area contributed by atoms with Gasteiger partial charge in [-0.05, 0) is 39.2 Å². The second-order valence-electron chi connectivity index (χ2n) is 4.13. The smallest absolute Gasteiger partial charge is 0.237 e. The maximum Gasteiger partial charge on any atom is 0.237 e. The summed E-state index contributed by atoms with van der Waals surface area (Å²) in [5.74, 6) is 0.900. The first-order valence-electron chi connectivity index (χ1n) is 5.11. The van der Waals surface area contributed by atoms with Crippen molar-refractivity contribution < 1.29 is 4.79 Å². The van der Waals surface area contributed by atoms with Crippen LogP contribution in [0.1, 0.15) is 33.1 Å². The molecular weight excluding hydrogens is 164 g/mol. The van der Waals surface area contributed by atoms with Gasteiger partial charge in [0.15, 0.2) is 0 Å². The van der Waals surface area contributed by atoms with Crippen molar-refractivity contribution in [2.24, 2.45) is 5.92 Å². The van der Waals surface area contributed by atoms with Gasteiger partial charge in [0.25, 0.3) is 0 Å². The first-order chi connectivity index (χ1) is 6.13. The predicted molar refractivity (Wildman–Crippen MR) is 53.5 cm³/mol. The van der Waals surface area contributed by atoms with Crippen molar-refractivity contribution in [2.75, 3.05) is 7.05 Å². The molecule has 76 valence electrons. The lowest BCUT2D eigenvalue weighted by molar-refractivity contribution is -0.123. The molecule has 0 aromatic carbocycles. The zero-order valence-electron chi connectivity index (χ0n) is 8.76. The average molecular weight is 184 g/mol. The molecule has 3 atom stereocenters. The van der Waals surface area contributed by atoms with E-state index in [1.165, 1.54) is 6.42 Å². The molecule has 0 aliphatic heterocycles. The fourth-order valence-electron chi connectivity index (χ4n) is 1.80. The largest absolute Gasteiger partial charge is 0.352 e. The molecule has 3 nitrogen and oxygen atoms in total. The number of amides is 1. The molecule has 3 unspecified atom stereocenters. The zero-order valence-corrected chi connectivity index (χ0v) is 8.76. The molecule has 0 radical (unpaired) electrons. The molecule has 0 aromatic rings. The van der Waals surface area contributed by atoms with E-state index in [-0.39, 0.29) is 11.9 Å². The minimum atomic E-state index is -0.0732. The van der Waals surface area contributed by atoms with Crippen LogP contribution in [0.4, 0.5) is 0 Å². The van der Waals surface area contributed by atoms with Gasteiger partial charge in [-0.25, -0.2) is 0 Å². The Kier molecular flexibility index (Phi) is 3.72. The molecular formula is C10H20N2O. The van der Waals surface area contributed by atoms with Crippen LogP contribution in [0.2, 0.25) is 0 Å². The Morgan fingerprint density at radius 1 is 1.46 bits per heavy atom. The summed E-state index contributed by atoms with van der Waals surface area (Å²) in [6.07, 6.45) is 3.53. The third-order valence-corrected chi connectivity index (χ3v) is 2.87. The van der Waals surface area contributed by atoms with Crippen LogP contribution in [-0.2, 0) is 4.79 Å². The van der Waals surface area contributed by atoms with Crippen LogP contribution in [0.3, 0.4) is 0 Å². The normalized spacial score (nSPS) is 30.1. The van der Waals surface area contributed by atoms with Crippen molar-refractivity contribution in [3.63, 3.8) is 0 Å². The van der Waals surface area contributed by atoms with Crippen molar-refractivity contribution in [3.8, 4) is 0 Å². The summed E-state index contributed by atoms with van der Waals surface area (Å²) in [4.78, 5) is 11.5. The Labute approximate surface area is 80.3 Å². The van der Waals surface area contributed by atoms with Crippen LogP contribution in [0.5, 0.6) is 0 Å². The molecule has 0 heterocycles. The second kappa shape index (κ2) is 4.61. The van der Waals surface area contributed by atoms with Crippen LogP contribution in [0.25, 0.3) is 0 Å². The summed E-state index contributed by atoms with van der Waals surface area (Å²) in [5, 5.41) is 6.00. The molecule has 0 aromatic heterocycles. The lowest BCUT2D eigenvalue weighted by Crippen LogP contribution is -2.44. The SMILES string of the molecule is CNC(C)C(=O)NC1CCC(C)C1. The van der Waals surface area contributed by atoms with E-state index in [0.29, 0.717) is 6.04 Å². The topological polar surface area (TPSA) is 41.1 Å². The summed E-state index contributed by atoms with van der Waals surface area (Å²) in [6.45, 7) is 4.13. The lowest BCUT2D eigenvalue weighted by Gasteiger charge is -2.16. The first-order valence-corrected chi connectivity index (χ1v) is 5.11. The highest BCUT2D eigenvalue weighted by atomic mass is 16.2. The second-order valence-corrected chi connectivity index (χ2v) is 4.13. The highest BCUT2D eigenvalue weighted by molar-refractivity contribution is 5.81. The van der Waals surface area contributed by atoms with E-state index in [9.17, 15) is 4.79 Å². The van der Waals surface area contributed by atoms with Crippen LogP contribution < -0.4 is 10.6 Å². The quantitative estimate of drug-likeness (QED) is 0.684. The predicted octanol–water partition coefficient (Wildman–Crippen LogP) is 0.899. The summed E-state index contributed by atoms with van der Waals surface area (Å²) in [6, 6.07) is 0.342. The van der Waals surface area contributed by atoms with Crippen LogP contribution >= 0.6 is 0 Å². The highest BCUT2D eigenvalue weighted by Gasteiger charge is 2.23. The van der Waals surface area contributed by atoms with Crippen LogP contribution in [0, 0.1) is 5.92 Å². The number of rotatable bonds is 3. The number of hydrogen-bond donors (Lipinski definition) is 2. The molecule has 0 bridgehead atoms. The maximum atomic E-state index is 11.5. The highest BCUT2D eigenvalue weighted by Crippen LogP contribution is 2.24. The molecule has 1 aliphatic rings. The van der Waals surface area contributed by atoms with Gasteiger partial charge in [-0.2, -0.15) is 0 Å². The van der Waals surface area contributed by atoms with Gasteiger partial charge in [0.1, 0.15) is 0 Å². The monoisotopic (exact) mass is 184 g/mol. The van der Waals surface area contributed by atoms with Gasteiger partial charge in [0.05, 0.1) is 6.04 Å². The zero-order chi connectivity index (χ0) is 9.84. The summed E-state index contributed by atoms with van der Waals surface area (Å²) < 4.78 is 0. The number of carbonyl (C=O) groups is 1. The molecule has 3 heteroatoms. The molecule has 1 fully saturated rings. The molecule has 0 saturated heterocycles. The van der Waals surface area contributed by atoms with Crippen molar-refractivity contribution in [2.45, 2.75) is 45.2 Å². The Morgan fingerprint density at radius 3 is 2.62 bits per heavy atom.